The average molecular weight is 318 g/mol. The first-order valence-electron chi connectivity index (χ1n) is 7.40. The van der Waals surface area contributed by atoms with Crippen molar-refractivity contribution < 1.29 is 19.4 Å². The number of rotatable bonds is 5. The van der Waals surface area contributed by atoms with Gasteiger partial charge in [-0.15, -0.1) is 6.42 Å². The molecule has 0 saturated carbocycles. The molecule has 1 aliphatic heterocycles. The second-order valence-corrected chi connectivity index (χ2v) is 5.41. The maximum absolute atomic E-state index is 12.1. The van der Waals surface area contributed by atoms with Gasteiger partial charge >= 0.3 is 0 Å². The number of carbonyl (C=O) groups excluding carboxylic acids is 1. The van der Waals surface area contributed by atoms with Crippen molar-refractivity contribution in [1.29, 1.82) is 0 Å². The van der Waals surface area contributed by atoms with Crippen molar-refractivity contribution in [1.82, 2.24) is 10.2 Å². The third-order valence-corrected chi connectivity index (χ3v) is 4.11. The maximum Gasteiger partial charge on any atom is 0.237 e. The molecule has 1 aliphatic rings. The van der Waals surface area contributed by atoms with E-state index in [1.807, 2.05) is 4.90 Å². The molecule has 0 aliphatic carbocycles. The lowest BCUT2D eigenvalue weighted by molar-refractivity contribution is -0.126. The number of ether oxygens (including phenoxy) is 2. The van der Waals surface area contributed by atoms with E-state index in [0.717, 1.165) is 11.1 Å². The van der Waals surface area contributed by atoms with Crippen LogP contribution in [0.1, 0.15) is 24.2 Å². The SMILES string of the molecule is C#CCNC(=O)[C@H](C)N1Cc2c(OC)ccc(OC)c2[C@@H](O)C1. The number of carbonyl (C=O) groups is 1. The predicted octanol–water partition coefficient (Wildman–Crippen LogP) is 0.691. The standard InChI is InChI=1S/C17H22N2O4/c1-5-8-18-17(21)11(2)19-9-12-14(22-3)6-7-15(23-4)16(12)13(20)10-19/h1,6-7,11,13,20H,8-10H2,2-4H3,(H,18,21)/t11-,13-/m0/s1. The van der Waals surface area contributed by atoms with Gasteiger partial charge in [-0.2, -0.15) is 0 Å². The Bertz CT molecular complexity index is 624. The van der Waals surface area contributed by atoms with Crippen molar-refractivity contribution >= 4 is 5.91 Å². The number of aliphatic hydroxyl groups is 1. The zero-order chi connectivity index (χ0) is 17.0. The largest absolute Gasteiger partial charge is 0.496 e. The van der Waals surface area contributed by atoms with E-state index in [0.29, 0.717) is 24.6 Å². The van der Waals surface area contributed by atoms with Gasteiger partial charge in [-0.25, -0.2) is 0 Å². The minimum Gasteiger partial charge on any atom is -0.496 e. The highest BCUT2D eigenvalue weighted by Gasteiger charge is 2.33. The molecule has 0 radical (unpaired) electrons. The summed E-state index contributed by atoms with van der Waals surface area (Å²) >= 11 is 0. The molecule has 0 fully saturated rings. The van der Waals surface area contributed by atoms with Crippen LogP contribution < -0.4 is 14.8 Å². The second kappa shape index (κ2) is 7.36. The van der Waals surface area contributed by atoms with Gasteiger partial charge in [-0.3, -0.25) is 9.69 Å². The van der Waals surface area contributed by atoms with Gasteiger partial charge in [-0.1, -0.05) is 5.92 Å². The van der Waals surface area contributed by atoms with Crippen LogP contribution in [0.25, 0.3) is 0 Å². The molecule has 0 aromatic heterocycles. The van der Waals surface area contributed by atoms with E-state index in [1.165, 1.54) is 0 Å². The molecule has 0 spiro atoms. The Morgan fingerprint density at radius 3 is 2.74 bits per heavy atom. The zero-order valence-electron chi connectivity index (χ0n) is 13.6. The van der Waals surface area contributed by atoms with Gasteiger partial charge in [0, 0.05) is 24.2 Å². The Kier molecular flexibility index (Phi) is 5.48. The lowest BCUT2D eigenvalue weighted by atomic mass is 9.94. The molecule has 0 saturated heterocycles. The summed E-state index contributed by atoms with van der Waals surface area (Å²) in [5.74, 6) is 3.50. The van der Waals surface area contributed by atoms with Crippen molar-refractivity contribution in [2.24, 2.45) is 0 Å². The normalized spacial score (nSPS) is 18.5. The van der Waals surface area contributed by atoms with Gasteiger partial charge in [0.1, 0.15) is 11.5 Å². The van der Waals surface area contributed by atoms with Crippen molar-refractivity contribution in [2.75, 3.05) is 27.3 Å². The number of aliphatic hydroxyl groups excluding tert-OH is 1. The molecule has 0 unspecified atom stereocenters. The van der Waals surface area contributed by atoms with E-state index < -0.39 is 12.1 Å². The van der Waals surface area contributed by atoms with E-state index in [2.05, 4.69) is 11.2 Å². The van der Waals surface area contributed by atoms with Crippen molar-refractivity contribution in [3.63, 3.8) is 0 Å². The highest BCUT2D eigenvalue weighted by Crippen LogP contribution is 2.39. The predicted molar refractivity (Wildman–Crippen MR) is 86.2 cm³/mol. The molecule has 6 nitrogen and oxygen atoms in total. The first kappa shape index (κ1) is 17.1. The van der Waals surface area contributed by atoms with Gasteiger partial charge in [0.25, 0.3) is 0 Å². The van der Waals surface area contributed by atoms with Crippen LogP contribution in [0, 0.1) is 12.3 Å². The highest BCUT2D eigenvalue weighted by molar-refractivity contribution is 5.81. The third-order valence-electron chi connectivity index (χ3n) is 4.11. The number of benzene rings is 1. The molecule has 1 aromatic rings. The van der Waals surface area contributed by atoms with Crippen molar-refractivity contribution in [2.45, 2.75) is 25.6 Å². The first-order valence-corrected chi connectivity index (χ1v) is 7.40. The molecule has 1 heterocycles. The molecule has 1 amide bonds. The monoisotopic (exact) mass is 318 g/mol. The zero-order valence-corrected chi connectivity index (χ0v) is 13.6. The van der Waals surface area contributed by atoms with Crippen LogP contribution in [-0.4, -0.2) is 49.3 Å². The average Bonchev–Trinajstić information content (AvgIpc) is 2.57. The molecule has 124 valence electrons. The van der Waals surface area contributed by atoms with Crippen LogP contribution in [0.5, 0.6) is 11.5 Å². The Labute approximate surface area is 136 Å². The number of nitrogens with zero attached hydrogens (tertiary/aromatic N) is 1. The molecular formula is C17H22N2O4. The minimum atomic E-state index is -0.758. The number of nitrogens with one attached hydrogen (secondary N) is 1. The topological polar surface area (TPSA) is 71.0 Å². The van der Waals surface area contributed by atoms with E-state index in [-0.39, 0.29) is 12.5 Å². The quantitative estimate of drug-likeness (QED) is 0.782. The molecule has 23 heavy (non-hydrogen) atoms. The number of fused-ring (bicyclic) bond motifs is 1. The molecule has 2 atom stereocenters. The van der Waals surface area contributed by atoms with Crippen molar-refractivity contribution in [3.05, 3.63) is 23.3 Å². The smallest absolute Gasteiger partial charge is 0.237 e. The van der Waals surface area contributed by atoms with Gasteiger partial charge < -0.3 is 19.9 Å². The summed E-state index contributed by atoms with van der Waals surface area (Å²) in [7, 11) is 3.15. The Hall–Kier alpha value is -2.23. The van der Waals surface area contributed by atoms with E-state index in [9.17, 15) is 9.90 Å². The summed E-state index contributed by atoms with van der Waals surface area (Å²) < 4.78 is 10.7. The van der Waals surface area contributed by atoms with E-state index >= 15 is 0 Å². The highest BCUT2D eigenvalue weighted by atomic mass is 16.5. The van der Waals surface area contributed by atoms with Crippen LogP contribution in [0.15, 0.2) is 12.1 Å². The number of methoxy groups -OCH3 is 2. The number of terminal acetylenes is 1. The van der Waals surface area contributed by atoms with Crippen LogP contribution in [0.2, 0.25) is 0 Å². The Morgan fingerprint density at radius 1 is 1.48 bits per heavy atom. The summed E-state index contributed by atoms with van der Waals surface area (Å²) in [6.45, 7) is 2.79. The fourth-order valence-electron chi connectivity index (χ4n) is 2.85. The summed E-state index contributed by atoms with van der Waals surface area (Å²) in [5.41, 5.74) is 1.56. The fourth-order valence-corrected chi connectivity index (χ4v) is 2.85. The Morgan fingerprint density at radius 2 is 2.13 bits per heavy atom. The van der Waals surface area contributed by atoms with Crippen LogP contribution in [0.4, 0.5) is 0 Å². The minimum absolute atomic E-state index is 0.166. The van der Waals surface area contributed by atoms with Gasteiger partial charge in [-0.05, 0) is 19.1 Å². The number of hydrogen-bond donors (Lipinski definition) is 2. The summed E-state index contributed by atoms with van der Waals surface area (Å²) in [4.78, 5) is 14.0. The van der Waals surface area contributed by atoms with Crippen LogP contribution in [-0.2, 0) is 11.3 Å². The first-order chi connectivity index (χ1) is 11.0. The molecular weight excluding hydrogens is 296 g/mol. The molecule has 1 aromatic carbocycles. The molecule has 2 rings (SSSR count). The third kappa shape index (κ3) is 3.41. The lowest BCUT2D eigenvalue weighted by Gasteiger charge is -2.36. The Balaban J connectivity index is 2.29. The van der Waals surface area contributed by atoms with E-state index in [4.69, 9.17) is 15.9 Å². The van der Waals surface area contributed by atoms with Crippen LogP contribution >= 0.6 is 0 Å². The van der Waals surface area contributed by atoms with Gasteiger partial charge in [0.2, 0.25) is 5.91 Å². The molecule has 2 N–H and O–H groups in total. The van der Waals surface area contributed by atoms with Gasteiger partial charge in [0.05, 0.1) is 32.9 Å². The molecule has 0 bridgehead atoms. The second-order valence-electron chi connectivity index (χ2n) is 5.41. The number of amides is 1. The summed E-state index contributed by atoms with van der Waals surface area (Å²) in [5, 5.41) is 13.2. The van der Waals surface area contributed by atoms with Crippen LogP contribution in [0.3, 0.4) is 0 Å². The summed E-state index contributed by atoms with van der Waals surface area (Å²) in [6, 6.07) is 3.17. The lowest BCUT2D eigenvalue weighted by Crippen LogP contribution is -2.48. The maximum atomic E-state index is 12.1. The number of β-amino-alcohol motifs (C(OH)–C–C–N with tert-alkyl or cyclic N) is 1. The molecule has 6 heteroatoms. The number of hydrogen-bond acceptors (Lipinski definition) is 5. The fraction of sp³-hybridized carbons (Fsp3) is 0.471. The van der Waals surface area contributed by atoms with E-state index in [1.54, 1.807) is 33.3 Å². The summed E-state index contributed by atoms with van der Waals surface area (Å²) in [6.07, 6.45) is 4.40. The van der Waals surface area contributed by atoms with Crippen molar-refractivity contribution in [3.8, 4) is 23.8 Å². The van der Waals surface area contributed by atoms with Gasteiger partial charge in [0.15, 0.2) is 0 Å².